The molecule has 0 fully saturated rings. The van der Waals surface area contributed by atoms with Gasteiger partial charge in [0.1, 0.15) is 24.4 Å². The van der Waals surface area contributed by atoms with Gasteiger partial charge in [-0.1, -0.05) is 24.3 Å². The maximum Gasteiger partial charge on any atom is 0.335 e. The van der Waals surface area contributed by atoms with Crippen molar-refractivity contribution in [3.8, 4) is 5.75 Å². The molecule has 1 unspecified atom stereocenters. The third-order valence-electron chi connectivity index (χ3n) is 5.59. The highest BCUT2D eigenvalue weighted by molar-refractivity contribution is 7.90. The molecular formula is C26H23FO4S. The van der Waals surface area contributed by atoms with Gasteiger partial charge in [0.15, 0.2) is 4.90 Å². The first kappa shape index (κ1) is 22.1. The quantitative estimate of drug-likeness (QED) is 0.453. The Hall–Kier alpha value is -3.09. The minimum atomic E-state index is -1.15. The van der Waals surface area contributed by atoms with Crippen molar-refractivity contribution in [2.75, 3.05) is 6.26 Å². The van der Waals surface area contributed by atoms with Crippen LogP contribution in [0.5, 0.6) is 5.75 Å². The molecule has 0 aliphatic heterocycles. The van der Waals surface area contributed by atoms with Gasteiger partial charge in [-0.25, -0.2) is 9.18 Å². The molecule has 0 saturated heterocycles. The van der Waals surface area contributed by atoms with Crippen molar-refractivity contribution in [2.45, 2.75) is 30.8 Å². The lowest BCUT2D eigenvalue weighted by Gasteiger charge is -2.16. The summed E-state index contributed by atoms with van der Waals surface area (Å²) in [6.45, 7) is 0.277. The fourth-order valence-corrected chi connectivity index (χ4v) is 4.53. The summed E-state index contributed by atoms with van der Waals surface area (Å²) >= 11 is -1.15. The monoisotopic (exact) mass is 450 g/mol. The molecule has 3 aromatic carbocycles. The van der Waals surface area contributed by atoms with Crippen LogP contribution in [0.4, 0.5) is 4.39 Å². The molecule has 164 valence electrons. The molecule has 4 nitrogen and oxygen atoms in total. The molecule has 0 heterocycles. The first-order chi connectivity index (χ1) is 15.4. The standard InChI is InChI=1S/C26H23FO4S/c1-32(30)21-12-13-25(31-16-17-8-10-20(27)11-9-17)24(15-21)23-7-3-6-22(23)18-4-2-5-19(14-18)26(28)29/h2,4-5,8-15H,3,6-7,16H2,1H3,(H,28,29). The van der Waals surface area contributed by atoms with E-state index < -0.39 is 17.1 Å². The normalized spacial score (nSPS) is 14.5. The molecule has 1 aliphatic rings. The van der Waals surface area contributed by atoms with Crippen LogP contribution < -0.4 is 4.74 Å². The van der Waals surface area contributed by atoms with E-state index in [1.807, 2.05) is 18.2 Å². The Morgan fingerprint density at radius 2 is 1.81 bits per heavy atom. The van der Waals surface area contributed by atoms with E-state index in [2.05, 4.69) is 0 Å². The van der Waals surface area contributed by atoms with Crippen molar-refractivity contribution in [1.29, 1.82) is 0 Å². The number of halogens is 1. The van der Waals surface area contributed by atoms with Gasteiger partial charge in [-0.15, -0.1) is 0 Å². The SMILES string of the molecule is C[S+]([O-])c1ccc(OCc2ccc(F)cc2)c(C2=C(c3cccc(C(=O)O)c3)CCC2)c1. The third kappa shape index (κ3) is 4.87. The molecular weight excluding hydrogens is 427 g/mol. The molecule has 6 heteroatoms. The van der Waals surface area contributed by atoms with Crippen LogP contribution in [0.15, 0.2) is 71.6 Å². The van der Waals surface area contributed by atoms with Crippen LogP contribution in [-0.4, -0.2) is 21.9 Å². The van der Waals surface area contributed by atoms with Crippen molar-refractivity contribution >= 4 is 28.3 Å². The van der Waals surface area contributed by atoms with E-state index in [1.165, 1.54) is 12.1 Å². The van der Waals surface area contributed by atoms with Crippen LogP contribution in [0.1, 0.15) is 46.3 Å². The molecule has 1 aliphatic carbocycles. The highest BCUT2D eigenvalue weighted by atomic mass is 32.2. The van der Waals surface area contributed by atoms with Crippen LogP contribution in [0.3, 0.4) is 0 Å². The topological polar surface area (TPSA) is 69.6 Å². The van der Waals surface area contributed by atoms with E-state index in [-0.39, 0.29) is 18.0 Å². The van der Waals surface area contributed by atoms with Crippen molar-refractivity contribution in [3.05, 3.63) is 94.8 Å². The van der Waals surface area contributed by atoms with E-state index in [1.54, 1.807) is 42.7 Å². The van der Waals surface area contributed by atoms with Gasteiger partial charge < -0.3 is 14.4 Å². The van der Waals surface area contributed by atoms with Crippen molar-refractivity contribution < 1.29 is 23.6 Å². The van der Waals surface area contributed by atoms with Gasteiger partial charge in [0.05, 0.1) is 5.56 Å². The largest absolute Gasteiger partial charge is 0.612 e. The van der Waals surface area contributed by atoms with Crippen molar-refractivity contribution in [3.63, 3.8) is 0 Å². The zero-order valence-corrected chi connectivity index (χ0v) is 18.5. The average molecular weight is 451 g/mol. The van der Waals surface area contributed by atoms with Gasteiger partial charge >= 0.3 is 5.97 Å². The highest BCUT2D eigenvalue weighted by Crippen LogP contribution is 2.43. The summed E-state index contributed by atoms with van der Waals surface area (Å²) in [4.78, 5) is 12.1. The number of rotatable bonds is 7. The van der Waals surface area contributed by atoms with Crippen molar-refractivity contribution in [1.82, 2.24) is 0 Å². The van der Waals surface area contributed by atoms with Gasteiger partial charge in [0.2, 0.25) is 0 Å². The maximum atomic E-state index is 13.2. The van der Waals surface area contributed by atoms with Gasteiger partial charge in [-0.3, -0.25) is 0 Å². The molecule has 1 atom stereocenters. The number of aromatic carboxylic acids is 1. The zero-order valence-electron chi connectivity index (χ0n) is 17.6. The number of allylic oxidation sites excluding steroid dienone is 2. The number of carboxylic acid groups (broad SMARTS) is 1. The van der Waals surface area contributed by atoms with Crippen LogP contribution >= 0.6 is 0 Å². The Labute approximate surface area is 189 Å². The van der Waals surface area contributed by atoms with E-state index >= 15 is 0 Å². The zero-order chi connectivity index (χ0) is 22.7. The van der Waals surface area contributed by atoms with E-state index in [4.69, 9.17) is 4.74 Å². The lowest BCUT2D eigenvalue weighted by Crippen LogP contribution is -2.03. The molecule has 3 aromatic rings. The van der Waals surface area contributed by atoms with E-state index in [9.17, 15) is 18.8 Å². The second-order valence-corrected chi connectivity index (χ2v) is 9.10. The molecule has 0 aromatic heterocycles. The predicted molar refractivity (Wildman–Crippen MR) is 124 cm³/mol. The maximum absolute atomic E-state index is 13.2. The lowest BCUT2D eigenvalue weighted by molar-refractivity contribution is 0.0697. The number of ether oxygens (including phenoxy) is 1. The summed E-state index contributed by atoms with van der Waals surface area (Å²) < 4.78 is 31.5. The number of carbonyl (C=O) groups is 1. The average Bonchev–Trinajstić information content (AvgIpc) is 3.28. The number of hydrogen-bond acceptors (Lipinski definition) is 3. The van der Waals surface area contributed by atoms with Crippen LogP contribution in [0.25, 0.3) is 11.1 Å². The van der Waals surface area contributed by atoms with Crippen molar-refractivity contribution in [2.24, 2.45) is 0 Å². The molecule has 0 radical (unpaired) electrons. The molecule has 1 N–H and O–H groups in total. The smallest absolute Gasteiger partial charge is 0.335 e. The van der Waals surface area contributed by atoms with Crippen LogP contribution in [-0.2, 0) is 17.8 Å². The summed E-state index contributed by atoms with van der Waals surface area (Å²) in [6, 6.07) is 18.6. The first-order valence-electron chi connectivity index (χ1n) is 10.3. The summed E-state index contributed by atoms with van der Waals surface area (Å²) in [7, 11) is 0. The Morgan fingerprint density at radius 1 is 1.06 bits per heavy atom. The van der Waals surface area contributed by atoms with Gasteiger partial charge in [-0.2, -0.15) is 0 Å². The van der Waals surface area contributed by atoms with E-state index in [0.29, 0.717) is 10.6 Å². The summed E-state index contributed by atoms with van der Waals surface area (Å²) in [5.41, 5.74) is 5.00. The number of benzene rings is 3. The Kier molecular flexibility index (Phi) is 6.63. The van der Waals surface area contributed by atoms with Gasteiger partial charge in [0.25, 0.3) is 0 Å². The summed E-state index contributed by atoms with van der Waals surface area (Å²) in [5, 5.41) is 9.38. The molecule has 0 spiro atoms. The molecule has 0 bridgehead atoms. The Bertz CT molecular complexity index is 1170. The number of carboxylic acids is 1. The summed E-state index contributed by atoms with van der Waals surface area (Å²) in [5.74, 6) is -0.598. The minimum Gasteiger partial charge on any atom is -0.612 e. The second-order valence-electron chi connectivity index (χ2n) is 7.72. The second kappa shape index (κ2) is 9.59. The molecule has 32 heavy (non-hydrogen) atoms. The van der Waals surface area contributed by atoms with Crippen LogP contribution in [0.2, 0.25) is 0 Å². The molecule has 0 saturated carbocycles. The fraction of sp³-hybridized carbons (Fsp3) is 0.192. The third-order valence-corrected chi connectivity index (χ3v) is 6.51. The molecule has 4 rings (SSSR count). The predicted octanol–water partition coefficient (Wildman–Crippen LogP) is 5.94. The van der Waals surface area contributed by atoms with Gasteiger partial charge in [-0.05, 0) is 89.1 Å². The minimum absolute atomic E-state index is 0.248. The summed E-state index contributed by atoms with van der Waals surface area (Å²) in [6.07, 6.45) is 4.23. The Morgan fingerprint density at radius 3 is 2.53 bits per heavy atom. The lowest BCUT2D eigenvalue weighted by atomic mass is 9.95. The number of hydrogen-bond donors (Lipinski definition) is 1. The molecule has 0 amide bonds. The van der Waals surface area contributed by atoms with E-state index in [0.717, 1.165) is 47.1 Å². The van der Waals surface area contributed by atoms with Crippen LogP contribution in [0, 0.1) is 5.82 Å². The first-order valence-corrected chi connectivity index (χ1v) is 11.9. The van der Waals surface area contributed by atoms with Gasteiger partial charge in [0, 0.05) is 11.6 Å². The fourth-order valence-electron chi connectivity index (χ4n) is 3.99. The Balaban J connectivity index is 1.74. The highest BCUT2D eigenvalue weighted by Gasteiger charge is 2.23.